The van der Waals surface area contributed by atoms with Crippen molar-refractivity contribution in [1.29, 1.82) is 0 Å². The minimum atomic E-state index is 0.480. The zero-order valence-corrected chi connectivity index (χ0v) is 14.4. The van der Waals surface area contributed by atoms with E-state index in [-0.39, 0.29) is 0 Å². The van der Waals surface area contributed by atoms with Gasteiger partial charge in [0.15, 0.2) is 0 Å². The Bertz CT molecular complexity index is 471. The van der Waals surface area contributed by atoms with E-state index in [0.29, 0.717) is 4.99 Å². The first-order valence-corrected chi connectivity index (χ1v) is 9.13. The molecular formula is C16H25N3S2. The van der Waals surface area contributed by atoms with Crippen molar-refractivity contribution in [2.75, 3.05) is 37.2 Å². The maximum atomic E-state index is 5.92. The van der Waals surface area contributed by atoms with Gasteiger partial charge < -0.3 is 16.0 Å². The van der Waals surface area contributed by atoms with Crippen LogP contribution >= 0.6 is 24.0 Å². The summed E-state index contributed by atoms with van der Waals surface area (Å²) in [4.78, 5) is 4.20. The molecule has 0 radical (unpaired) electrons. The van der Waals surface area contributed by atoms with Crippen molar-refractivity contribution < 1.29 is 0 Å². The SMILES string of the molecule is CCSc1cccc(NCCCN2CCCC2)c1C(N)=S. The number of thiocarbonyl (C=S) groups is 1. The second-order valence-electron chi connectivity index (χ2n) is 5.31. The lowest BCUT2D eigenvalue weighted by Gasteiger charge is -2.17. The van der Waals surface area contributed by atoms with Gasteiger partial charge in [0.25, 0.3) is 0 Å². The second-order valence-corrected chi connectivity index (χ2v) is 7.05. The van der Waals surface area contributed by atoms with Gasteiger partial charge in [0.1, 0.15) is 4.99 Å². The number of hydrogen-bond acceptors (Lipinski definition) is 4. The van der Waals surface area contributed by atoms with Crippen LogP contribution < -0.4 is 11.1 Å². The first-order chi connectivity index (χ1) is 10.2. The number of rotatable bonds is 8. The molecule has 0 unspecified atom stereocenters. The van der Waals surface area contributed by atoms with Crippen LogP contribution in [0.4, 0.5) is 5.69 Å². The molecular weight excluding hydrogens is 298 g/mol. The Labute approximate surface area is 137 Å². The van der Waals surface area contributed by atoms with E-state index in [2.05, 4.69) is 35.3 Å². The molecule has 2 rings (SSSR count). The molecule has 1 aromatic rings. The fourth-order valence-corrected chi connectivity index (χ4v) is 3.87. The highest BCUT2D eigenvalue weighted by molar-refractivity contribution is 7.99. The molecule has 3 nitrogen and oxygen atoms in total. The van der Waals surface area contributed by atoms with Crippen molar-refractivity contribution in [3.63, 3.8) is 0 Å². The van der Waals surface area contributed by atoms with E-state index in [0.717, 1.165) is 30.0 Å². The minimum Gasteiger partial charge on any atom is -0.389 e. The van der Waals surface area contributed by atoms with Crippen LogP contribution in [0.15, 0.2) is 23.1 Å². The summed E-state index contributed by atoms with van der Waals surface area (Å²) in [7, 11) is 0. The lowest BCUT2D eigenvalue weighted by atomic mass is 10.1. The van der Waals surface area contributed by atoms with Crippen molar-refractivity contribution in [2.45, 2.75) is 31.1 Å². The summed E-state index contributed by atoms with van der Waals surface area (Å²) in [5, 5.41) is 3.51. The summed E-state index contributed by atoms with van der Waals surface area (Å²) >= 11 is 7.02. The van der Waals surface area contributed by atoms with Crippen LogP contribution in [0.3, 0.4) is 0 Å². The third kappa shape index (κ3) is 4.87. The van der Waals surface area contributed by atoms with Crippen molar-refractivity contribution in [2.24, 2.45) is 5.73 Å². The topological polar surface area (TPSA) is 41.3 Å². The van der Waals surface area contributed by atoms with Crippen molar-refractivity contribution >= 4 is 34.7 Å². The van der Waals surface area contributed by atoms with Crippen LogP contribution in [0.2, 0.25) is 0 Å². The Morgan fingerprint density at radius 2 is 2.14 bits per heavy atom. The number of nitrogens with one attached hydrogen (secondary N) is 1. The van der Waals surface area contributed by atoms with Crippen LogP contribution in [0.25, 0.3) is 0 Å². The average Bonchev–Trinajstić information content (AvgIpc) is 2.97. The third-order valence-electron chi connectivity index (χ3n) is 3.74. The summed E-state index contributed by atoms with van der Waals surface area (Å²) in [5.74, 6) is 1.02. The number of hydrogen-bond donors (Lipinski definition) is 2. The van der Waals surface area contributed by atoms with Gasteiger partial charge in [-0.1, -0.05) is 25.2 Å². The maximum absolute atomic E-state index is 5.92. The number of likely N-dealkylation sites (tertiary alicyclic amines) is 1. The number of benzene rings is 1. The summed E-state index contributed by atoms with van der Waals surface area (Å²) in [5.41, 5.74) is 7.99. The molecule has 0 aromatic heterocycles. The molecule has 1 aliphatic heterocycles. The van der Waals surface area contributed by atoms with Crippen LogP contribution in [-0.2, 0) is 0 Å². The number of thioether (sulfide) groups is 1. The van der Waals surface area contributed by atoms with E-state index in [9.17, 15) is 0 Å². The molecule has 0 saturated carbocycles. The van der Waals surface area contributed by atoms with Gasteiger partial charge >= 0.3 is 0 Å². The first kappa shape index (κ1) is 16.6. The molecule has 1 aliphatic rings. The molecule has 3 N–H and O–H groups in total. The molecule has 116 valence electrons. The molecule has 1 aromatic carbocycles. The zero-order chi connectivity index (χ0) is 15.1. The standard InChI is InChI=1S/C16H25N3S2/c1-2-21-14-8-5-7-13(15(14)16(17)20)18-9-6-12-19-10-3-4-11-19/h5,7-8,18H,2-4,6,9-12H2,1H3,(H2,17,20). The highest BCUT2D eigenvalue weighted by Crippen LogP contribution is 2.28. The fourth-order valence-electron chi connectivity index (χ4n) is 2.74. The monoisotopic (exact) mass is 323 g/mol. The fraction of sp³-hybridized carbons (Fsp3) is 0.562. The lowest BCUT2D eigenvalue weighted by molar-refractivity contribution is 0.337. The number of anilines is 1. The predicted octanol–water partition coefficient (Wildman–Crippen LogP) is 3.33. The van der Waals surface area contributed by atoms with E-state index >= 15 is 0 Å². The van der Waals surface area contributed by atoms with Gasteiger partial charge in [0.05, 0.1) is 0 Å². The van der Waals surface area contributed by atoms with Crippen LogP contribution in [-0.4, -0.2) is 41.8 Å². The molecule has 0 bridgehead atoms. The van der Waals surface area contributed by atoms with Gasteiger partial charge in [0, 0.05) is 22.7 Å². The van der Waals surface area contributed by atoms with Crippen molar-refractivity contribution in [3.05, 3.63) is 23.8 Å². The summed E-state index contributed by atoms with van der Waals surface area (Å²) in [6.45, 7) is 6.82. The van der Waals surface area contributed by atoms with Gasteiger partial charge in [-0.2, -0.15) is 0 Å². The Morgan fingerprint density at radius 3 is 2.81 bits per heavy atom. The van der Waals surface area contributed by atoms with E-state index in [1.165, 1.54) is 37.4 Å². The predicted molar refractivity (Wildman–Crippen MR) is 97.5 cm³/mol. The molecule has 1 saturated heterocycles. The summed E-state index contributed by atoms with van der Waals surface area (Å²) < 4.78 is 0. The normalized spacial score (nSPS) is 15.3. The molecule has 0 atom stereocenters. The Balaban J connectivity index is 1.92. The van der Waals surface area contributed by atoms with Gasteiger partial charge in [-0.3, -0.25) is 0 Å². The molecule has 0 amide bonds. The van der Waals surface area contributed by atoms with Gasteiger partial charge in [0.2, 0.25) is 0 Å². The van der Waals surface area contributed by atoms with Crippen molar-refractivity contribution in [1.82, 2.24) is 4.90 Å². The molecule has 21 heavy (non-hydrogen) atoms. The Hall–Kier alpha value is -0.780. The smallest absolute Gasteiger partial charge is 0.107 e. The van der Waals surface area contributed by atoms with Gasteiger partial charge in [-0.15, -0.1) is 11.8 Å². The van der Waals surface area contributed by atoms with Crippen LogP contribution in [0.1, 0.15) is 31.7 Å². The quantitative estimate of drug-likeness (QED) is 0.436. The third-order valence-corrected chi connectivity index (χ3v) is 4.88. The number of nitrogens with two attached hydrogens (primary N) is 1. The van der Waals surface area contributed by atoms with Crippen LogP contribution in [0.5, 0.6) is 0 Å². The summed E-state index contributed by atoms with van der Waals surface area (Å²) in [6.07, 6.45) is 3.87. The Kier molecular flexibility index (Phi) is 6.80. The maximum Gasteiger partial charge on any atom is 0.107 e. The van der Waals surface area contributed by atoms with E-state index in [1.54, 1.807) is 11.8 Å². The molecule has 5 heteroatoms. The molecule has 1 fully saturated rings. The molecule has 0 aliphatic carbocycles. The highest BCUT2D eigenvalue weighted by atomic mass is 32.2. The summed E-state index contributed by atoms with van der Waals surface area (Å²) in [6, 6.07) is 6.24. The molecule has 0 spiro atoms. The first-order valence-electron chi connectivity index (χ1n) is 7.74. The van der Waals surface area contributed by atoms with Gasteiger partial charge in [-0.05, 0) is 56.8 Å². The van der Waals surface area contributed by atoms with E-state index in [4.69, 9.17) is 18.0 Å². The minimum absolute atomic E-state index is 0.480. The average molecular weight is 324 g/mol. The molecule has 1 heterocycles. The largest absolute Gasteiger partial charge is 0.389 e. The lowest BCUT2D eigenvalue weighted by Crippen LogP contribution is -2.23. The van der Waals surface area contributed by atoms with Crippen LogP contribution in [0, 0.1) is 0 Å². The Morgan fingerprint density at radius 1 is 1.38 bits per heavy atom. The second kappa shape index (κ2) is 8.61. The van der Waals surface area contributed by atoms with Gasteiger partial charge in [-0.25, -0.2) is 0 Å². The van der Waals surface area contributed by atoms with Crippen molar-refractivity contribution in [3.8, 4) is 0 Å². The van der Waals surface area contributed by atoms with E-state index in [1.807, 2.05) is 0 Å². The highest BCUT2D eigenvalue weighted by Gasteiger charge is 2.12. The number of nitrogens with zero attached hydrogens (tertiary/aromatic N) is 1. The van der Waals surface area contributed by atoms with E-state index < -0.39 is 0 Å². The zero-order valence-electron chi connectivity index (χ0n) is 12.7.